The summed E-state index contributed by atoms with van der Waals surface area (Å²) in [5, 5.41) is 24.1. The lowest BCUT2D eigenvalue weighted by molar-refractivity contribution is 0.466. The largest absolute Gasteiger partial charge is 0.511 e. The number of ether oxygens (including phenoxy) is 1. The predicted molar refractivity (Wildman–Crippen MR) is 170 cm³/mol. The molecule has 5 rings (SSSR count). The summed E-state index contributed by atoms with van der Waals surface area (Å²) in [5.41, 5.74) is 0.630. The van der Waals surface area contributed by atoms with Crippen LogP contribution in [0.15, 0.2) is 64.2 Å². The van der Waals surface area contributed by atoms with Crippen molar-refractivity contribution in [1.82, 2.24) is 4.98 Å². The molecule has 0 spiro atoms. The van der Waals surface area contributed by atoms with E-state index in [4.69, 9.17) is 4.74 Å². The van der Waals surface area contributed by atoms with E-state index >= 15 is 0 Å². The Morgan fingerprint density at radius 2 is 1.55 bits per heavy atom. The first kappa shape index (κ1) is 29.3. The fourth-order valence-corrected chi connectivity index (χ4v) is 5.76. The number of hydrogen-bond donors (Lipinski definition) is 2. The topological polar surface area (TPSA) is 96.7 Å². The zero-order valence-corrected chi connectivity index (χ0v) is 24.9. The van der Waals surface area contributed by atoms with Crippen LogP contribution in [0.4, 0.5) is 0 Å². The van der Waals surface area contributed by atoms with Crippen LogP contribution >= 0.6 is 0 Å². The third-order valence-electron chi connectivity index (χ3n) is 8.65. The van der Waals surface area contributed by atoms with Crippen molar-refractivity contribution in [3.8, 4) is 28.5 Å². The average molecular weight is 566 g/mol. The maximum absolute atomic E-state index is 13.6. The minimum absolute atomic E-state index is 0.00510. The zero-order valence-electron chi connectivity index (χ0n) is 24.9. The van der Waals surface area contributed by atoms with Crippen molar-refractivity contribution < 1.29 is 14.9 Å². The number of aromatic nitrogens is 1. The summed E-state index contributed by atoms with van der Waals surface area (Å²) >= 11 is 0. The molecule has 3 aromatic carbocycles. The highest BCUT2D eigenvalue weighted by molar-refractivity contribution is 6.17. The number of aromatic hydroxyl groups is 1. The molecule has 1 aliphatic heterocycles. The fourth-order valence-electron chi connectivity index (χ4n) is 5.76. The Bertz CT molecular complexity index is 1860. The van der Waals surface area contributed by atoms with E-state index in [-0.39, 0.29) is 39.0 Å². The first-order chi connectivity index (χ1) is 20.2. The first-order valence-corrected chi connectivity index (χ1v) is 15.1. The van der Waals surface area contributed by atoms with Crippen molar-refractivity contribution in [2.24, 2.45) is 0 Å². The normalized spacial score (nSPS) is 12.9. The van der Waals surface area contributed by atoms with Gasteiger partial charge in [0.25, 0.3) is 5.56 Å². The second-order valence-corrected chi connectivity index (χ2v) is 11.9. The Morgan fingerprint density at radius 3 is 2.24 bits per heavy atom. The summed E-state index contributed by atoms with van der Waals surface area (Å²) in [6.45, 7) is 8.66. The molecule has 0 bridgehead atoms. The molecule has 0 saturated carbocycles. The standard InChI is InChI=1S/C36H39NO5/c1-5-7-8-9-10-11-16-26(38)31-29-24-14-12-13-15-25(24)34(40)30-27(39)21-28(33(32(29)30)37-35(31)41)42-23-19-17-22(18-20-23)36(3,4)6-2/h12-15,17-21,38,40H,5-11,16H2,1-4H3/b31-26-. The molecule has 1 heterocycles. The van der Waals surface area contributed by atoms with Gasteiger partial charge in [-0.2, -0.15) is 0 Å². The molecule has 6 nitrogen and oxygen atoms in total. The molecule has 6 heteroatoms. The number of benzene rings is 4. The Balaban J connectivity index is 1.70. The third-order valence-corrected chi connectivity index (χ3v) is 8.65. The van der Waals surface area contributed by atoms with Gasteiger partial charge in [-0.25, -0.2) is 4.98 Å². The number of phenolic OH excluding ortho intramolecular Hbond substituents is 1. The number of nitrogens with zero attached hydrogens (tertiary/aromatic N) is 1. The van der Waals surface area contributed by atoms with Gasteiger partial charge >= 0.3 is 0 Å². The van der Waals surface area contributed by atoms with Gasteiger partial charge in [0.1, 0.15) is 23.0 Å². The van der Waals surface area contributed by atoms with Gasteiger partial charge in [-0.3, -0.25) is 9.59 Å². The summed E-state index contributed by atoms with van der Waals surface area (Å²) in [4.78, 5) is 31.5. The molecule has 2 aliphatic rings. The van der Waals surface area contributed by atoms with E-state index in [1.807, 2.05) is 24.3 Å². The van der Waals surface area contributed by atoms with Crippen molar-refractivity contribution in [3.63, 3.8) is 0 Å². The van der Waals surface area contributed by atoms with E-state index in [0.29, 0.717) is 33.9 Å². The number of unbranched alkanes of at least 4 members (excludes halogenated alkanes) is 5. The molecule has 3 aromatic rings. The maximum atomic E-state index is 13.6. The summed E-state index contributed by atoms with van der Waals surface area (Å²) in [5.74, 6) is 0.415. The SMILES string of the molecule is CCCCCCCC/C(O)=c1/c(=O)nc2c(Oc3ccc(C(C)(C)CC)cc3)cc(=O)c3c(O)c4ccccc4c1c3-2. The number of phenols is 1. The van der Waals surface area contributed by atoms with Crippen LogP contribution in [0.3, 0.4) is 0 Å². The second-order valence-electron chi connectivity index (χ2n) is 11.9. The number of rotatable bonds is 11. The van der Waals surface area contributed by atoms with Gasteiger partial charge in [-0.15, -0.1) is 0 Å². The number of aliphatic hydroxyl groups is 1. The van der Waals surface area contributed by atoms with Gasteiger partial charge < -0.3 is 14.9 Å². The van der Waals surface area contributed by atoms with E-state index in [1.54, 1.807) is 24.3 Å². The molecular formula is C36H39NO5. The van der Waals surface area contributed by atoms with Crippen LogP contribution in [0, 0.1) is 0 Å². The summed E-state index contributed by atoms with van der Waals surface area (Å²) in [7, 11) is 0. The number of aliphatic hydroxyl groups excluding tert-OH is 1. The summed E-state index contributed by atoms with van der Waals surface area (Å²) in [6.07, 6.45) is 7.54. The smallest absolute Gasteiger partial charge is 0.281 e. The highest BCUT2D eigenvalue weighted by Gasteiger charge is 2.28. The Morgan fingerprint density at radius 1 is 0.881 bits per heavy atom. The first-order valence-electron chi connectivity index (χ1n) is 15.1. The molecule has 2 N–H and O–H groups in total. The number of fused-ring (bicyclic) bond motifs is 2. The highest BCUT2D eigenvalue weighted by atomic mass is 16.5. The molecular weight excluding hydrogens is 526 g/mol. The molecule has 0 radical (unpaired) electrons. The lowest BCUT2D eigenvalue weighted by atomic mass is 9.82. The van der Waals surface area contributed by atoms with Gasteiger partial charge in [0, 0.05) is 28.8 Å². The van der Waals surface area contributed by atoms with Crippen LogP contribution in [0.2, 0.25) is 0 Å². The van der Waals surface area contributed by atoms with E-state index in [1.165, 1.54) is 12.5 Å². The zero-order chi connectivity index (χ0) is 30.0. The van der Waals surface area contributed by atoms with E-state index < -0.39 is 11.0 Å². The fraction of sp³-hybridized carbons (Fsp3) is 0.361. The average Bonchev–Trinajstić information content (AvgIpc) is 2.98. The van der Waals surface area contributed by atoms with Gasteiger partial charge in [-0.1, -0.05) is 96.2 Å². The monoisotopic (exact) mass is 565 g/mol. The lowest BCUT2D eigenvalue weighted by Crippen LogP contribution is -2.32. The molecule has 0 amide bonds. The molecule has 0 aromatic heterocycles. The van der Waals surface area contributed by atoms with Crippen molar-refractivity contribution in [1.29, 1.82) is 0 Å². The maximum Gasteiger partial charge on any atom is 0.281 e. The Hall–Kier alpha value is -4.19. The molecule has 42 heavy (non-hydrogen) atoms. The Kier molecular flexibility index (Phi) is 8.35. The molecule has 0 unspecified atom stereocenters. The number of pyridine rings is 1. The van der Waals surface area contributed by atoms with E-state index in [0.717, 1.165) is 44.1 Å². The van der Waals surface area contributed by atoms with Crippen LogP contribution in [-0.2, 0) is 5.41 Å². The molecule has 1 aliphatic carbocycles. The third kappa shape index (κ3) is 5.38. The van der Waals surface area contributed by atoms with Crippen LogP contribution in [0.5, 0.6) is 17.2 Å². The summed E-state index contributed by atoms with van der Waals surface area (Å²) < 4.78 is 6.18. The van der Waals surface area contributed by atoms with Crippen LogP contribution in [-0.4, -0.2) is 15.2 Å². The van der Waals surface area contributed by atoms with Gasteiger partial charge in [0.05, 0.1) is 10.6 Å². The van der Waals surface area contributed by atoms with Crippen molar-refractivity contribution in [2.75, 3.05) is 0 Å². The van der Waals surface area contributed by atoms with Gasteiger partial charge in [-0.05, 0) is 41.3 Å². The minimum Gasteiger partial charge on any atom is -0.511 e. The molecule has 0 fully saturated rings. The second kappa shape index (κ2) is 12.0. The van der Waals surface area contributed by atoms with Crippen molar-refractivity contribution in [3.05, 3.63) is 86.0 Å². The predicted octanol–water partition coefficient (Wildman–Crippen LogP) is 7.97. The summed E-state index contributed by atoms with van der Waals surface area (Å²) in [6, 6.07) is 16.0. The van der Waals surface area contributed by atoms with Crippen LogP contribution < -0.4 is 20.9 Å². The highest BCUT2D eigenvalue weighted by Crippen LogP contribution is 2.44. The van der Waals surface area contributed by atoms with Gasteiger partial charge in [0.15, 0.2) is 11.2 Å². The quantitative estimate of drug-likeness (QED) is 0.0958. The van der Waals surface area contributed by atoms with E-state index in [2.05, 4.69) is 32.7 Å². The van der Waals surface area contributed by atoms with Crippen LogP contribution in [0.25, 0.3) is 38.6 Å². The lowest BCUT2D eigenvalue weighted by Gasteiger charge is -2.23. The van der Waals surface area contributed by atoms with Gasteiger partial charge in [0.2, 0.25) is 0 Å². The molecule has 0 saturated heterocycles. The van der Waals surface area contributed by atoms with Crippen LogP contribution in [0.1, 0.15) is 84.6 Å². The van der Waals surface area contributed by atoms with Crippen molar-refractivity contribution >= 4 is 27.3 Å². The van der Waals surface area contributed by atoms with E-state index in [9.17, 15) is 19.8 Å². The molecule has 0 atom stereocenters. The minimum atomic E-state index is -0.591. The molecule has 218 valence electrons. The Labute approximate surface area is 246 Å². The number of hydrogen-bond acceptors (Lipinski definition) is 6. The van der Waals surface area contributed by atoms with Crippen molar-refractivity contribution in [2.45, 2.75) is 84.5 Å².